The minimum Gasteiger partial charge on any atom is -0.443 e. The van der Waals surface area contributed by atoms with Crippen LogP contribution in [0.2, 0.25) is 0 Å². The summed E-state index contributed by atoms with van der Waals surface area (Å²) in [6.07, 6.45) is 0.367. The van der Waals surface area contributed by atoms with E-state index >= 15 is 0 Å². The van der Waals surface area contributed by atoms with Crippen molar-refractivity contribution >= 4 is 11.8 Å². The van der Waals surface area contributed by atoms with Gasteiger partial charge in [-0.15, -0.1) is 0 Å². The van der Waals surface area contributed by atoms with E-state index in [0.29, 0.717) is 0 Å². The van der Waals surface area contributed by atoms with Crippen LogP contribution in [0, 0.1) is 0 Å². The van der Waals surface area contributed by atoms with Gasteiger partial charge in [0.25, 0.3) is 0 Å². The summed E-state index contributed by atoms with van der Waals surface area (Å²) in [6, 6.07) is 7.66. The van der Waals surface area contributed by atoms with Crippen LogP contribution in [0.15, 0.2) is 24.3 Å². The maximum absolute atomic E-state index is 12.3. The number of ether oxygens (including phenoxy) is 1. The summed E-state index contributed by atoms with van der Waals surface area (Å²) in [6.45, 7) is 5.83. The fourth-order valence-electron chi connectivity index (χ4n) is 2.26. The largest absolute Gasteiger partial charge is 0.443 e. The van der Waals surface area contributed by atoms with E-state index in [2.05, 4.69) is 0 Å². The summed E-state index contributed by atoms with van der Waals surface area (Å²) in [4.78, 5) is 18.7. The number of benzene rings is 1. The molecule has 0 fully saturated rings. The van der Waals surface area contributed by atoms with Gasteiger partial charge in [0, 0.05) is 0 Å². The van der Waals surface area contributed by atoms with Crippen LogP contribution in [0.1, 0.15) is 26.3 Å². The molecule has 104 valence electrons. The number of hydrogen-bond donors (Lipinski definition) is 1. The molecular weight excluding hydrogens is 244 g/mol. The van der Waals surface area contributed by atoms with Crippen molar-refractivity contribution in [3.8, 4) is 0 Å². The fraction of sp³-hybridized carbons (Fsp3) is 0.500. The molecule has 0 saturated heterocycles. The zero-order valence-electron chi connectivity index (χ0n) is 11.6. The number of nitrogens with two attached hydrogens (primary N) is 1. The quantitative estimate of drug-likeness (QED) is 0.832. The molecule has 1 aromatic rings. The Labute approximate surface area is 113 Å². The van der Waals surface area contributed by atoms with Crippen molar-refractivity contribution in [2.45, 2.75) is 38.8 Å². The molecule has 5 heteroatoms. The SMILES string of the molecule is CC(C)(C)OC(=O)N1c2ccccc2CC1CON. The van der Waals surface area contributed by atoms with Crippen molar-refractivity contribution in [1.82, 2.24) is 0 Å². The lowest BCUT2D eigenvalue weighted by Gasteiger charge is -2.28. The normalized spacial score (nSPS) is 18.3. The molecular formula is C14H20N2O3. The van der Waals surface area contributed by atoms with Crippen LogP contribution in [0.4, 0.5) is 10.5 Å². The molecule has 1 unspecified atom stereocenters. The molecule has 2 rings (SSSR count). The summed E-state index contributed by atoms with van der Waals surface area (Å²) >= 11 is 0. The molecule has 2 N–H and O–H groups in total. The van der Waals surface area contributed by atoms with Crippen molar-refractivity contribution in [3.63, 3.8) is 0 Å². The predicted octanol–water partition coefficient (Wildman–Crippen LogP) is 2.24. The van der Waals surface area contributed by atoms with E-state index in [9.17, 15) is 4.79 Å². The first-order valence-electron chi connectivity index (χ1n) is 6.34. The second-order valence-electron chi connectivity index (χ2n) is 5.67. The maximum atomic E-state index is 12.3. The highest BCUT2D eigenvalue weighted by Gasteiger charge is 2.36. The van der Waals surface area contributed by atoms with Crippen molar-refractivity contribution in [2.75, 3.05) is 11.5 Å². The average Bonchev–Trinajstić information content (AvgIpc) is 2.65. The molecule has 1 aliphatic heterocycles. The number of rotatable bonds is 2. The highest BCUT2D eigenvalue weighted by Crippen LogP contribution is 2.33. The minimum absolute atomic E-state index is 0.114. The van der Waals surface area contributed by atoms with Crippen LogP contribution in [-0.4, -0.2) is 24.3 Å². The molecule has 5 nitrogen and oxygen atoms in total. The van der Waals surface area contributed by atoms with Gasteiger partial charge in [0.15, 0.2) is 0 Å². The molecule has 0 aromatic heterocycles. The number of amides is 1. The first kappa shape index (κ1) is 13.8. The molecule has 1 amide bonds. The third-order valence-corrected chi connectivity index (χ3v) is 2.95. The highest BCUT2D eigenvalue weighted by molar-refractivity contribution is 5.91. The van der Waals surface area contributed by atoms with Gasteiger partial charge in [-0.1, -0.05) is 18.2 Å². The van der Waals surface area contributed by atoms with E-state index in [1.165, 1.54) is 0 Å². The Morgan fingerprint density at radius 3 is 2.74 bits per heavy atom. The number of carbonyl (C=O) groups excluding carboxylic acids is 1. The fourth-order valence-corrected chi connectivity index (χ4v) is 2.26. The van der Waals surface area contributed by atoms with Crippen molar-refractivity contribution in [3.05, 3.63) is 29.8 Å². The number of nitrogens with zero attached hydrogens (tertiary/aromatic N) is 1. The van der Waals surface area contributed by atoms with E-state index in [4.69, 9.17) is 15.5 Å². The molecule has 19 heavy (non-hydrogen) atoms. The molecule has 0 bridgehead atoms. The second-order valence-corrected chi connectivity index (χ2v) is 5.67. The Kier molecular flexibility index (Phi) is 3.78. The smallest absolute Gasteiger partial charge is 0.415 e. The third kappa shape index (κ3) is 3.05. The van der Waals surface area contributed by atoms with Gasteiger partial charge in [0.2, 0.25) is 0 Å². The highest BCUT2D eigenvalue weighted by atomic mass is 16.6. The Hall–Kier alpha value is -1.59. The first-order chi connectivity index (χ1) is 8.92. The molecule has 0 radical (unpaired) electrons. The zero-order chi connectivity index (χ0) is 14.0. The monoisotopic (exact) mass is 264 g/mol. The summed E-state index contributed by atoms with van der Waals surface area (Å²) in [7, 11) is 0. The molecule has 0 aliphatic carbocycles. The molecule has 1 heterocycles. The van der Waals surface area contributed by atoms with Crippen LogP contribution in [0.5, 0.6) is 0 Å². The van der Waals surface area contributed by atoms with E-state index in [-0.39, 0.29) is 18.7 Å². The number of hydrogen-bond acceptors (Lipinski definition) is 4. The van der Waals surface area contributed by atoms with Gasteiger partial charge in [-0.2, -0.15) is 0 Å². The van der Waals surface area contributed by atoms with Gasteiger partial charge < -0.3 is 9.57 Å². The molecule has 1 aliphatic rings. The van der Waals surface area contributed by atoms with E-state index in [1.807, 2.05) is 45.0 Å². The molecule has 1 aromatic carbocycles. The van der Waals surface area contributed by atoms with Gasteiger partial charge in [0.1, 0.15) is 5.60 Å². The van der Waals surface area contributed by atoms with Gasteiger partial charge >= 0.3 is 6.09 Å². The van der Waals surface area contributed by atoms with Crippen LogP contribution in [-0.2, 0) is 16.0 Å². The number of anilines is 1. The topological polar surface area (TPSA) is 64.8 Å². The van der Waals surface area contributed by atoms with Crippen LogP contribution in [0.3, 0.4) is 0 Å². The number of fused-ring (bicyclic) bond motifs is 1. The van der Waals surface area contributed by atoms with Gasteiger partial charge in [-0.25, -0.2) is 10.7 Å². The Morgan fingerprint density at radius 2 is 2.11 bits per heavy atom. The third-order valence-electron chi connectivity index (χ3n) is 2.95. The van der Waals surface area contributed by atoms with Crippen molar-refractivity contribution in [1.29, 1.82) is 0 Å². The second kappa shape index (κ2) is 5.19. The molecule has 1 atom stereocenters. The van der Waals surface area contributed by atoms with Gasteiger partial charge in [-0.05, 0) is 38.8 Å². The van der Waals surface area contributed by atoms with Crippen LogP contribution in [0.25, 0.3) is 0 Å². The first-order valence-corrected chi connectivity index (χ1v) is 6.34. The van der Waals surface area contributed by atoms with Crippen LogP contribution < -0.4 is 10.8 Å². The summed E-state index contributed by atoms with van der Waals surface area (Å²) < 4.78 is 5.45. The summed E-state index contributed by atoms with van der Waals surface area (Å²) in [5, 5.41) is 0. The summed E-state index contributed by atoms with van der Waals surface area (Å²) in [5.74, 6) is 5.15. The Bertz CT molecular complexity index is 468. The molecule has 0 saturated carbocycles. The van der Waals surface area contributed by atoms with E-state index in [0.717, 1.165) is 17.7 Å². The average molecular weight is 264 g/mol. The van der Waals surface area contributed by atoms with Crippen molar-refractivity contribution < 1.29 is 14.4 Å². The maximum Gasteiger partial charge on any atom is 0.415 e. The minimum atomic E-state index is -0.525. The number of carbonyl (C=O) groups is 1. The van der Waals surface area contributed by atoms with Crippen molar-refractivity contribution in [2.24, 2.45) is 5.90 Å². The summed E-state index contributed by atoms with van der Waals surface area (Å²) in [5.41, 5.74) is 1.46. The van der Waals surface area contributed by atoms with Crippen LogP contribution >= 0.6 is 0 Å². The lowest BCUT2D eigenvalue weighted by Crippen LogP contribution is -2.44. The zero-order valence-corrected chi connectivity index (χ0v) is 11.6. The lowest BCUT2D eigenvalue weighted by atomic mass is 10.1. The van der Waals surface area contributed by atoms with Gasteiger partial charge in [0.05, 0.1) is 18.3 Å². The Balaban J connectivity index is 2.26. The standard InChI is InChI=1S/C14H20N2O3/c1-14(2,3)19-13(17)16-11(9-18-15)8-10-6-4-5-7-12(10)16/h4-7,11H,8-9,15H2,1-3H3. The van der Waals surface area contributed by atoms with E-state index < -0.39 is 5.60 Å². The predicted molar refractivity (Wildman–Crippen MR) is 72.8 cm³/mol. The van der Waals surface area contributed by atoms with E-state index in [1.54, 1.807) is 4.90 Å². The lowest BCUT2D eigenvalue weighted by molar-refractivity contribution is 0.0531. The molecule has 0 spiro atoms. The van der Waals surface area contributed by atoms with Gasteiger partial charge in [-0.3, -0.25) is 4.90 Å². The number of para-hydroxylation sites is 1. The Morgan fingerprint density at radius 1 is 1.42 bits per heavy atom.